The molecule has 0 aliphatic rings. The van der Waals surface area contributed by atoms with E-state index in [1.165, 1.54) is 23.1 Å². The first kappa shape index (κ1) is 17.5. The van der Waals surface area contributed by atoms with Crippen molar-refractivity contribution in [2.24, 2.45) is 0 Å². The van der Waals surface area contributed by atoms with Gasteiger partial charge in [-0.3, -0.25) is 15.2 Å². The molecule has 0 bridgehead atoms. The molecule has 0 unspecified atom stereocenters. The van der Waals surface area contributed by atoms with Crippen LogP contribution in [0, 0.1) is 18.3 Å². The van der Waals surface area contributed by atoms with Crippen molar-refractivity contribution >= 4 is 45.7 Å². The highest BCUT2D eigenvalue weighted by atomic mass is 35.5. The van der Waals surface area contributed by atoms with Gasteiger partial charge in [0.2, 0.25) is 0 Å². The van der Waals surface area contributed by atoms with Crippen molar-refractivity contribution in [3.8, 4) is 17.3 Å². The highest BCUT2D eigenvalue weighted by molar-refractivity contribution is 8.01. The van der Waals surface area contributed by atoms with Crippen LogP contribution >= 0.6 is 34.7 Å². The van der Waals surface area contributed by atoms with Gasteiger partial charge in [-0.05, 0) is 25.1 Å². The number of aryl methyl sites for hydroxylation is 1. The van der Waals surface area contributed by atoms with Crippen LogP contribution in [-0.4, -0.2) is 26.8 Å². The number of H-pyrrole nitrogens is 1. The predicted molar refractivity (Wildman–Crippen MR) is 100 cm³/mol. The quantitative estimate of drug-likeness (QED) is 0.632. The third kappa shape index (κ3) is 4.20. The van der Waals surface area contributed by atoms with Crippen LogP contribution in [0.4, 0.5) is 5.13 Å². The predicted octanol–water partition coefficient (Wildman–Crippen LogP) is 4.36. The second-order valence-electron chi connectivity index (χ2n) is 4.97. The molecule has 6 nitrogen and oxygen atoms in total. The second kappa shape index (κ2) is 7.70. The third-order valence-electron chi connectivity index (χ3n) is 3.19. The fourth-order valence-electron chi connectivity index (χ4n) is 2.07. The van der Waals surface area contributed by atoms with Crippen LogP contribution in [-0.2, 0) is 0 Å². The largest absolute Gasteiger partial charge is 0.296 e. The van der Waals surface area contributed by atoms with Gasteiger partial charge in [0.25, 0.3) is 5.91 Å². The van der Waals surface area contributed by atoms with E-state index in [1.807, 2.05) is 19.1 Å². The first-order valence-electron chi connectivity index (χ1n) is 7.16. The number of amides is 1. The summed E-state index contributed by atoms with van der Waals surface area (Å²) in [6.45, 7) is 1.85. The Morgan fingerprint density at radius 2 is 2.32 bits per heavy atom. The Kier molecular flexibility index (Phi) is 5.38. The van der Waals surface area contributed by atoms with E-state index in [0.29, 0.717) is 27.3 Å². The van der Waals surface area contributed by atoms with Gasteiger partial charge in [0.05, 0.1) is 27.4 Å². The van der Waals surface area contributed by atoms with Gasteiger partial charge in [-0.25, -0.2) is 4.98 Å². The molecule has 0 saturated heterocycles. The van der Waals surface area contributed by atoms with Gasteiger partial charge in [-0.1, -0.05) is 46.8 Å². The average molecular weight is 390 g/mol. The Bertz CT molecular complexity index is 960. The van der Waals surface area contributed by atoms with Gasteiger partial charge < -0.3 is 0 Å². The molecule has 0 fully saturated rings. The molecule has 0 aliphatic heterocycles. The lowest BCUT2D eigenvalue weighted by molar-refractivity contribution is 0.102. The van der Waals surface area contributed by atoms with Crippen molar-refractivity contribution in [2.75, 3.05) is 11.1 Å². The first-order chi connectivity index (χ1) is 12.1. The Labute approximate surface area is 157 Å². The lowest BCUT2D eigenvalue weighted by Crippen LogP contribution is -2.12. The summed E-state index contributed by atoms with van der Waals surface area (Å²) >= 11 is 8.73. The van der Waals surface area contributed by atoms with Crippen molar-refractivity contribution in [3.63, 3.8) is 0 Å². The molecule has 2 aromatic heterocycles. The zero-order valence-corrected chi connectivity index (χ0v) is 15.4. The molecule has 1 aromatic carbocycles. The molecule has 1 amide bonds. The first-order valence-corrected chi connectivity index (χ1v) is 9.34. The molecule has 126 valence electrons. The normalized spacial score (nSPS) is 10.4. The molecule has 0 atom stereocenters. The number of nitrogens with one attached hydrogen (secondary N) is 2. The van der Waals surface area contributed by atoms with Crippen molar-refractivity contribution in [3.05, 3.63) is 46.7 Å². The van der Waals surface area contributed by atoms with Gasteiger partial charge in [0.15, 0.2) is 5.13 Å². The number of aromatic nitrogens is 3. The van der Waals surface area contributed by atoms with Gasteiger partial charge >= 0.3 is 0 Å². The SMILES string of the molecule is Cc1nc(NC(=O)c2cc(-c3cccc(Cl)c3)n[nH]2)sc1SCC#N. The van der Waals surface area contributed by atoms with Crippen LogP contribution in [0.3, 0.4) is 0 Å². The number of hydrogen-bond acceptors (Lipinski definition) is 6. The molecule has 3 aromatic rings. The standard InChI is InChI=1S/C16H12ClN5OS2/c1-9-15(24-6-5-18)25-16(19-9)20-14(23)13-8-12(21-22-13)10-3-2-4-11(17)7-10/h2-4,7-8H,6H2,1H3,(H,21,22)(H,19,20,23). The molecular weight excluding hydrogens is 378 g/mol. The highest BCUT2D eigenvalue weighted by Gasteiger charge is 2.15. The molecular formula is C16H12ClN5OS2. The second-order valence-corrected chi connectivity index (χ2v) is 7.65. The van der Waals surface area contributed by atoms with E-state index >= 15 is 0 Å². The summed E-state index contributed by atoms with van der Waals surface area (Å²) in [5.74, 6) is 0.0197. The van der Waals surface area contributed by atoms with Crippen LogP contribution in [0.2, 0.25) is 5.02 Å². The number of nitrogens with zero attached hydrogens (tertiary/aromatic N) is 3. The smallest absolute Gasteiger partial charge is 0.275 e. The zero-order valence-electron chi connectivity index (χ0n) is 13.0. The number of hydrogen-bond donors (Lipinski definition) is 2. The molecule has 2 heterocycles. The molecule has 0 saturated carbocycles. The molecule has 9 heteroatoms. The van der Waals surface area contributed by atoms with Crippen LogP contribution < -0.4 is 5.32 Å². The van der Waals surface area contributed by atoms with E-state index in [2.05, 4.69) is 26.6 Å². The van der Waals surface area contributed by atoms with E-state index < -0.39 is 0 Å². The minimum atomic E-state index is -0.327. The lowest BCUT2D eigenvalue weighted by Gasteiger charge is -1.97. The fourth-order valence-corrected chi connectivity index (χ4v) is 4.05. The molecule has 0 spiro atoms. The number of carbonyl (C=O) groups is 1. The van der Waals surface area contributed by atoms with Gasteiger partial charge in [0, 0.05) is 10.6 Å². The molecule has 0 aliphatic carbocycles. The summed E-state index contributed by atoms with van der Waals surface area (Å²) in [4.78, 5) is 16.7. The minimum Gasteiger partial charge on any atom is -0.296 e. The van der Waals surface area contributed by atoms with Crippen LogP contribution in [0.1, 0.15) is 16.2 Å². The Balaban J connectivity index is 1.73. The summed E-state index contributed by atoms with van der Waals surface area (Å²) in [6, 6.07) is 11.0. The maximum atomic E-state index is 12.4. The zero-order chi connectivity index (χ0) is 17.8. The summed E-state index contributed by atoms with van der Waals surface area (Å²) < 4.78 is 0.918. The van der Waals surface area contributed by atoms with E-state index in [9.17, 15) is 4.79 Å². The van der Waals surface area contributed by atoms with E-state index in [1.54, 1.807) is 18.2 Å². The third-order valence-corrected chi connectivity index (χ3v) is 5.72. The van der Waals surface area contributed by atoms with E-state index in [-0.39, 0.29) is 5.91 Å². The van der Waals surface area contributed by atoms with E-state index in [0.717, 1.165) is 15.5 Å². The van der Waals surface area contributed by atoms with Crippen LogP contribution in [0.25, 0.3) is 11.3 Å². The number of nitriles is 1. The molecule has 3 rings (SSSR count). The molecule has 2 N–H and O–H groups in total. The highest BCUT2D eigenvalue weighted by Crippen LogP contribution is 2.32. The minimum absolute atomic E-state index is 0.327. The topological polar surface area (TPSA) is 94.5 Å². The number of carbonyl (C=O) groups excluding carboxylic acids is 1. The van der Waals surface area contributed by atoms with Crippen molar-refractivity contribution in [1.29, 1.82) is 5.26 Å². The number of halogens is 1. The van der Waals surface area contributed by atoms with Crippen LogP contribution in [0.5, 0.6) is 0 Å². The van der Waals surface area contributed by atoms with Gasteiger partial charge in [0.1, 0.15) is 5.69 Å². The van der Waals surface area contributed by atoms with Crippen molar-refractivity contribution in [2.45, 2.75) is 11.1 Å². The number of anilines is 1. The van der Waals surface area contributed by atoms with E-state index in [4.69, 9.17) is 16.9 Å². The summed E-state index contributed by atoms with van der Waals surface area (Å²) in [5, 5.41) is 19.4. The van der Waals surface area contributed by atoms with Crippen molar-refractivity contribution in [1.82, 2.24) is 15.2 Å². The van der Waals surface area contributed by atoms with Gasteiger partial charge in [-0.15, -0.1) is 0 Å². The van der Waals surface area contributed by atoms with Crippen molar-refractivity contribution < 1.29 is 4.79 Å². The Hall–Kier alpha value is -2.34. The molecule has 0 radical (unpaired) electrons. The Morgan fingerprint density at radius 3 is 3.08 bits per heavy atom. The van der Waals surface area contributed by atoms with Crippen LogP contribution in [0.15, 0.2) is 34.5 Å². The number of thioether (sulfide) groups is 1. The average Bonchev–Trinajstić information content (AvgIpc) is 3.20. The fraction of sp³-hybridized carbons (Fsp3) is 0.125. The summed E-state index contributed by atoms with van der Waals surface area (Å²) in [7, 11) is 0. The number of rotatable bonds is 5. The number of aromatic amines is 1. The number of thiazole rings is 1. The molecule has 25 heavy (non-hydrogen) atoms. The maximum Gasteiger partial charge on any atom is 0.275 e. The maximum absolute atomic E-state index is 12.4. The monoisotopic (exact) mass is 389 g/mol. The van der Waals surface area contributed by atoms with Gasteiger partial charge in [-0.2, -0.15) is 10.4 Å². The Morgan fingerprint density at radius 1 is 1.48 bits per heavy atom. The lowest BCUT2D eigenvalue weighted by atomic mass is 10.1. The summed E-state index contributed by atoms with van der Waals surface area (Å²) in [5.41, 5.74) is 2.58. The number of benzene rings is 1. The summed E-state index contributed by atoms with van der Waals surface area (Å²) in [6.07, 6.45) is 0.